The monoisotopic (exact) mass is 222 g/mol. The highest BCUT2D eigenvalue weighted by molar-refractivity contribution is 5.23. The van der Waals surface area contributed by atoms with Gasteiger partial charge in [0.2, 0.25) is 0 Å². The van der Waals surface area contributed by atoms with Crippen molar-refractivity contribution in [3.63, 3.8) is 0 Å². The van der Waals surface area contributed by atoms with Crippen LogP contribution in [0.2, 0.25) is 0 Å². The normalized spacial score (nSPS) is 23.0. The van der Waals surface area contributed by atoms with E-state index in [2.05, 4.69) is 4.98 Å². The van der Waals surface area contributed by atoms with Crippen molar-refractivity contribution in [2.75, 3.05) is 13.2 Å². The summed E-state index contributed by atoms with van der Waals surface area (Å²) in [6.45, 7) is 6.62. The third kappa shape index (κ3) is 2.24. The standard InChI is InChI=1S/C12H18N2O2/c1-9-4-5-10(6-14-9)12(13)7-15-11(2,3)16-8-12/h4-6H,7-8,13H2,1-3H3. The van der Waals surface area contributed by atoms with Gasteiger partial charge in [0, 0.05) is 11.9 Å². The van der Waals surface area contributed by atoms with Gasteiger partial charge in [0.1, 0.15) is 0 Å². The lowest BCUT2D eigenvalue weighted by Gasteiger charge is -2.41. The molecule has 4 heteroatoms. The Bertz CT molecular complexity index is 363. The summed E-state index contributed by atoms with van der Waals surface area (Å²) in [5.41, 5.74) is 7.60. The Morgan fingerprint density at radius 2 is 1.88 bits per heavy atom. The zero-order valence-corrected chi connectivity index (χ0v) is 9.99. The van der Waals surface area contributed by atoms with Gasteiger partial charge in [-0.05, 0) is 32.4 Å². The first-order valence-corrected chi connectivity index (χ1v) is 5.41. The molecule has 0 aromatic carbocycles. The molecule has 0 saturated carbocycles. The van der Waals surface area contributed by atoms with Crippen LogP contribution in [0.5, 0.6) is 0 Å². The van der Waals surface area contributed by atoms with Gasteiger partial charge >= 0.3 is 0 Å². The molecule has 4 nitrogen and oxygen atoms in total. The molecular formula is C12H18N2O2. The zero-order valence-electron chi connectivity index (χ0n) is 9.99. The second kappa shape index (κ2) is 3.80. The number of ether oxygens (including phenoxy) is 2. The maximum Gasteiger partial charge on any atom is 0.162 e. The van der Waals surface area contributed by atoms with E-state index in [-0.39, 0.29) is 0 Å². The predicted octanol–water partition coefficient (Wildman–Crippen LogP) is 1.33. The van der Waals surface area contributed by atoms with Crippen molar-refractivity contribution in [2.24, 2.45) is 5.73 Å². The minimum Gasteiger partial charge on any atom is -0.348 e. The summed E-state index contributed by atoms with van der Waals surface area (Å²) >= 11 is 0. The van der Waals surface area contributed by atoms with Gasteiger partial charge in [0.05, 0.1) is 18.8 Å². The summed E-state index contributed by atoms with van der Waals surface area (Å²) in [6.07, 6.45) is 1.79. The molecule has 1 aliphatic heterocycles. The zero-order chi connectivity index (χ0) is 11.8. The molecule has 2 N–H and O–H groups in total. The molecule has 0 radical (unpaired) electrons. The topological polar surface area (TPSA) is 57.4 Å². The molecule has 1 aliphatic rings. The Balaban J connectivity index is 2.18. The summed E-state index contributed by atoms with van der Waals surface area (Å²) in [5.74, 6) is -0.541. The molecule has 16 heavy (non-hydrogen) atoms. The number of aryl methyl sites for hydroxylation is 1. The number of aromatic nitrogens is 1. The molecule has 0 aliphatic carbocycles. The van der Waals surface area contributed by atoms with Crippen molar-refractivity contribution in [1.82, 2.24) is 4.98 Å². The first-order valence-electron chi connectivity index (χ1n) is 5.41. The molecule has 1 aromatic heterocycles. The Hall–Kier alpha value is -0.970. The van der Waals surface area contributed by atoms with Crippen LogP contribution in [0.3, 0.4) is 0 Å². The Labute approximate surface area is 95.8 Å². The molecule has 2 heterocycles. The summed E-state index contributed by atoms with van der Waals surface area (Å²) < 4.78 is 11.2. The molecule has 1 saturated heterocycles. The Morgan fingerprint density at radius 1 is 1.25 bits per heavy atom. The number of nitrogens with two attached hydrogens (primary N) is 1. The first-order chi connectivity index (χ1) is 7.41. The highest BCUT2D eigenvalue weighted by Gasteiger charge is 2.38. The van der Waals surface area contributed by atoms with E-state index >= 15 is 0 Å². The molecular weight excluding hydrogens is 204 g/mol. The first kappa shape index (κ1) is 11.5. The fourth-order valence-electron chi connectivity index (χ4n) is 1.62. The Morgan fingerprint density at radius 3 is 2.38 bits per heavy atom. The lowest BCUT2D eigenvalue weighted by atomic mass is 9.93. The molecule has 2 rings (SSSR count). The van der Waals surface area contributed by atoms with Gasteiger partial charge in [-0.25, -0.2) is 0 Å². The number of pyridine rings is 1. The molecule has 0 spiro atoms. The third-order valence-corrected chi connectivity index (χ3v) is 2.84. The highest BCUT2D eigenvalue weighted by atomic mass is 16.7. The molecule has 0 bridgehead atoms. The van der Waals surface area contributed by atoms with Crippen LogP contribution >= 0.6 is 0 Å². The lowest BCUT2D eigenvalue weighted by Crippen LogP contribution is -2.54. The van der Waals surface area contributed by atoms with Crippen LogP contribution in [-0.4, -0.2) is 24.0 Å². The van der Waals surface area contributed by atoms with Crippen LogP contribution in [0.15, 0.2) is 18.3 Å². The van der Waals surface area contributed by atoms with E-state index in [1.54, 1.807) is 6.20 Å². The third-order valence-electron chi connectivity index (χ3n) is 2.84. The second-order valence-electron chi connectivity index (χ2n) is 4.82. The van der Waals surface area contributed by atoms with E-state index in [0.29, 0.717) is 13.2 Å². The van der Waals surface area contributed by atoms with Gasteiger partial charge in [-0.15, -0.1) is 0 Å². The quantitative estimate of drug-likeness (QED) is 0.778. The second-order valence-corrected chi connectivity index (χ2v) is 4.82. The van der Waals surface area contributed by atoms with Crippen molar-refractivity contribution in [3.05, 3.63) is 29.6 Å². The minimum atomic E-state index is -0.587. The van der Waals surface area contributed by atoms with Crippen molar-refractivity contribution >= 4 is 0 Å². The van der Waals surface area contributed by atoms with E-state index in [9.17, 15) is 0 Å². The average Bonchev–Trinajstić information content (AvgIpc) is 2.24. The maximum absolute atomic E-state index is 6.26. The van der Waals surface area contributed by atoms with E-state index in [1.165, 1.54) is 0 Å². The molecule has 1 aromatic rings. The van der Waals surface area contributed by atoms with Crippen LogP contribution in [0.25, 0.3) is 0 Å². The maximum atomic E-state index is 6.26. The van der Waals surface area contributed by atoms with Crippen molar-refractivity contribution in [3.8, 4) is 0 Å². The van der Waals surface area contributed by atoms with Gasteiger partial charge in [-0.3, -0.25) is 4.98 Å². The van der Waals surface area contributed by atoms with E-state index < -0.39 is 11.3 Å². The van der Waals surface area contributed by atoms with Gasteiger partial charge in [0.25, 0.3) is 0 Å². The molecule has 88 valence electrons. The molecule has 0 unspecified atom stereocenters. The fourth-order valence-corrected chi connectivity index (χ4v) is 1.62. The van der Waals surface area contributed by atoms with E-state index in [1.807, 2.05) is 32.9 Å². The largest absolute Gasteiger partial charge is 0.348 e. The summed E-state index contributed by atoms with van der Waals surface area (Å²) in [7, 11) is 0. The minimum absolute atomic E-state index is 0.449. The van der Waals surface area contributed by atoms with Gasteiger partial charge in [-0.1, -0.05) is 6.07 Å². The average molecular weight is 222 g/mol. The van der Waals surface area contributed by atoms with Crippen LogP contribution in [0.4, 0.5) is 0 Å². The number of hydrogen-bond acceptors (Lipinski definition) is 4. The molecule has 0 amide bonds. The highest BCUT2D eigenvalue weighted by Crippen LogP contribution is 2.28. The van der Waals surface area contributed by atoms with Crippen molar-refractivity contribution < 1.29 is 9.47 Å². The van der Waals surface area contributed by atoms with Crippen LogP contribution < -0.4 is 5.73 Å². The number of rotatable bonds is 1. The summed E-state index contributed by atoms with van der Waals surface area (Å²) in [5, 5.41) is 0. The SMILES string of the molecule is Cc1ccc(C2(N)COC(C)(C)OC2)cn1. The number of nitrogens with zero attached hydrogens (tertiary/aromatic N) is 1. The molecule has 0 atom stereocenters. The smallest absolute Gasteiger partial charge is 0.162 e. The van der Waals surface area contributed by atoms with Gasteiger partial charge in [0.15, 0.2) is 5.79 Å². The van der Waals surface area contributed by atoms with Crippen LogP contribution in [-0.2, 0) is 15.0 Å². The molecule has 1 fully saturated rings. The Kier molecular flexibility index (Phi) is 2.74. The van der Waals surface area contributed by atoms with Crippen LogP contribution in [0, 0.1) is 6.92 Å². The van der Waals surface area contributed by atoms with Crippen LogP contribution in [0.1, 0.15) is 25.1 Å². The summed E-state index contributed by atoms with van der Waals surface area (Å²) in [6, 6.07) is 3.93. The number of hydrogen-bond donors (Lipinski definition) is 1. The van der Waals surface area contributed by atoms with Gasteiger partial charge in [-0.2, -0.15) is 0 Å². The van der Waals surface area contributed by atoms with Gasteiger partial charge < -0.3 is 15.2 Å². The van der Waals surface area contributed by atoms with Crippen molar-refractivity contribution in [1.29, 1.82) is 0 Å². The fraction of sp³-hybridized carbons (Fsp3) is 0.583. The van der Waals surface area contributed by atoms with E-state index in [0.717, 1.165) is 11.3 Å². The van der Waals surface area contributed by atoms with Crippen molar-refractivity contribution in [2.45, 2.75) is 32.1 Å². The predicted molar refractivity (Wildman–Crippen MR) is 60.8 cm³/mol. The summed E-state index contributed by atoms with van der Waals surface area (Å²) in [4.78, 5) is 4.24. The van der Waals surface area contributed by atoms with E-state index in [4.69, 9.17) is 15.2 Å². The lowest BCUT2D eigenvalue weighted by molar-refractivity contribution is -0.268.